The first-order valence-corrected chi connectivity index (χ1v) is 6.73. The number of carbonyl (C=O) groups is 1. The van der Waals surface area contributed by atoms with Gasteiger partial charge in [-0.2, -0.15) is 4.57 Å². The van der Waals surface area contributed by atoms with Crippen LogP contribution in [-0.2, 0) is 7.05 Å². The summed E-state index contributed by atoms with van der Waals surface area (Å²) in [5.74, 6) is -0.914. The van der Waals surface area contributed by atoms with Crippen molar-refractivity contribution in [1.82, 2.24) is 4.98 Å². The number of H-pyrrole nitrogens is 1. The number of hydrogen-bond donors (Lipinski definition) is 2. The van der Waals surface area contributed by atoms with Crippen molar-refractivity contribution in [1.29, 1.82) is 0 Å². The highest BCUT2D eigenvalue weighted by Gasteiger charge is 2.25. The normalized spacial score (nSPS) is 11.5. The van der Waals surface area contributed by atoms with Gasteiger partial charge in [0.25, 0.3) is 0 Å². The molecule has 2 aromatic carbocycles. The first kappa shape index (κ1) is 11.9. The molecule has 0 aliphatic heterocycles. The zero-order valence-electron chi connectivity index (χ0n) is 11.4. The molecule has 4 rings (SSSR count). The van der Waals surface area contributed by atoms with E-state index in [0.717, 1.165) is 27.3 Å². The minimum atomic E-state index is -0.914. The Kier molecular flexibility index (Phi) is 2.30. The maximum absolute atomic E-state index is 11.8. The Bertz CT molecular complexity index is 1030. The minimum absolute atomic E-state index is 0.329. The summed E-state index contributed by atoms with van der Waals surface area (Å²) in [6, 6.07) is 15.5. The van der Waals surface area contributed by atoms with Gasteiger partial charge in [0.05, 0.1) is 16.3 Å². The van der Waals surface area contributed by atoms with Gasteiger partial charge in [-0.15, -0.1) is 0 Å². The predicted octanol–water partition coefficient (Wildman–Crippen LogP) is 3.00. The molecule has 0 fully saturated rings. The molecule has 0 spiro atoms. The number of nitrogens with one attached hydrogen (secondary N) is 1. The molecule has 0 bridgehead atoms. The van der Waals surface area contributed by atoms with E-state index in [2.05, 4.69) is 9.55 Å². The maximum atomic E-state index is 11.8. The van der Waals surface area contributed by atoms with Crippen molar-refractivity contribution in [2.24, 2.45) is 7.05 Å². The fourth-order valence-electron chi connectivity index (χ4n) is 3.11. The number of benzene rings is 2. The summed E-state index contributed by atoms with van der Waals surface area (Å²) in [5.41, 5.74) is 3.77. The van der Waals surface area contributed by atoms with Crippen LogP contribution in [0.25, 0.3) is 32.8 Å². The van der Waals surface area contributed by atoms with Gasteiger partial charge in [-0.3, -0.25) is 0 Å². The number of rotatable bonds is 1. The lowest BCUT2D eigenvalue weighted by Crippen LogP contribution is -2.30. The average molecular weight is 277 g/mol. The molecular weight excluding hydrogens is 264 g/mol. The number of carboxylic acid groups (broad SMARTS) is 1. The van der Waals surface area contributed by atoms with Crippen molar-refractivity contribution < 1.29 is 14.5 Å². The summed E-state index contributed by atoms with van der Waals surface area (Å²) in [7, 11) is 1.97. The Morgan fingerprint density at radius 2 is 1.71 bits per heavy atom. The van der Waals surface area contributed by atoms with Crippen molar-refractivity contribution in [2.45, 2.75) is 0 Å². The van der Waals surface area contributed by atoms with E-state index < -0.39 is 5.97 Å². The molecule has 21 heavy (non-hydrogen) atoms. The fourth-order valence-corrected chi connectivity index (χ4v) is 3.11. The third-order valence-electron chi connectivity index (χ3n) is 4.01. The number of pyridine rings is 1. The standard InChI is InChI=1S/C17H12N2O2/c1-19-13-9-5-3-7-11(13)14(17(20)21)15-16(19)10-6-2-4-8-12(10)18-15/h2-9H,1H3,(H,20,21)/p+1. The molecule has 0 radical (unpaired) electrons. The monoisotopic (exact) mass is 277 g/mol. The van der Waals surface area contributed by atoms with Gasteiger partial charge in [0.15, 0.2) is 0 Å². The molecule has 0 amide bonds. The van der Waals surface area contributed by atoms with Crippen molar-refractivity contribution in [3.05, 3.63) is 54.1 Å². The molecule has 2 heterocycles. The number of aryl methyl sites for hydroxylation is 1. The topological polar surface area (TPSA) is 57.0 Å². The molecule has 0 saturated heterocycles. The van der Waals surface area contributed by atoms with Crippen molar-refractivity contribution in [3.63, 3.8) is 0 Å². The van der Waals surface area contributed by atoms with Crippen LogP contribution in [0.4, 0.5) is 0 Å². The van der Waals surface area contributed by atoms with Crippen LogP contribution in [0.1, 0.15) is 10.4 Å². The summed E-state index contributed by atoms with van der Waals surface area (Å²) in [4.78, 5) is 15.0. The van der Waals surface area contributed by atoms with E-state index in [0.29, 0.717) is 11.1 Å². The predicted molar refractivity (Wildman–Crippen MR) is 81.4 cm³/mol. The van der Waals surface area contributed by atoms with Crippen molar-refractivity contribution >= 4 is 38.8 Å². The Morgan fingerprint density at radius 1 is 1.05 bits per heavy atom. The molecule has 4 heteroatoms. The van der Waals surface area contributed by atoms with Gasteiger partial charge < -0.3 is 10.1 Å². The second kappa shape index (κ2) is 4.06. The third kappa shape index (κ3) is 1.50. The Morgan fingerprint density at radius 3 is 2.48 bits per heavy atom. The summed E-state index contributed by atoms with van der Waals surface area (Å²) in [6.45, 7) is 0. The summed E-state index contributed by atoms with van der Waals surface area (Å²) in [6.07, 6.45) is 0. The number of aromatic nitrogens is 2. The smallest absolute Gasteiger partial charge is 0.338 e. The van der Waals surface area contributed by atoms with Gasteiger partial charge in [0.1, 0.15) is 18.1 Å². The van der Waals surface area contributed by atoms with E-state index in [9.17, 15) is 9.90 Å². The van der Waals surface area contributed by atoms with Crippen molar-refractivity contribution in [3.8, 4) is 0 Å². The molecule has 102 valence electrons. The number of carboxylic acids is 1. The van der Waals surface area contributed by atoms with Crippen LogP contribution in [0.5, 0.6) is 0 Å². The van der Waals surface area contributed by atoms with E-state index >= 15 is 0 Å². The minimum Gasteiger partial charge on any atom is -0.478 e. The van der Waals surface area contributed by atoms with Gasteiger partial charge in [-0.1, -0.05) is 24.3 Å². The number of aromatic amines is 1. The first-order chi connectivity index (χ1) is 10.2. The molecule has 0 atom stereocenters. The number of fused-ring (bicyclic) bond motifs is 4. The SMILES string of the molecule is C[n+]1c2ccccc2c(C(=O)O)c2[nH]c3ccccc3c21. The van der Waals surface area contributed by atoms with E-state index in [1.54, 1.807) is 0 Å². The Labute approximate surface area is 120 Å². The van der Waals surface area contributed by atoms with E-state index in [1.165, 1.54) is 0 Å². The van der Waals surface area contributed by atoms with Gasteiger partial charge in [-0.25, -0.2) is 4.79 Å². The Hall–Kier alpha value is -2.88. The largest absolute Gasteiger partial charge is 0.478 e. The zero-order valence-corrected chi connectivity index (χ0v) is 11.4. The fraction of sp³-hybridized carbons (Fsp3) is 0.0588. The van der Waals surface area contributed by atoms with Gasteiger partial charge in [0, 0.05) is 6.07 Å². The summed E-state index contributed by atoms with van der Waals surface area (Å²) >= 11 is 0. The molecule has 0 aliphatic rings. The molecule has 4 nitrogen and oxygen atoms in total. The highest BCUT2D eigenvalue weighted by molar-refractivity contribution is 6.16. The quantitative estimate of drug-likeness (QED) is 0.525. The van der Waals surface area contributed by atoms with Crippen LogP contribution in [0.3, 0.4) is 0 Å². The third-order valence-corrected chi connectivity index (χ3v) is 4.01. The Balaban J connectivity index is 2.40. The van der Waals surface area contributed by atoms with E-state index in [-0.39, 0.29) is 0 Å². The van der Waals surface area contributed by atoms with Crippen LogP contribution in [-0.4, -0.2) is 16.1 Å². The second-order valence-electron chi connectivity index (χ2n) is 5.15. The average Bonchev–Trinajstić information content (AvgIpc) is 2.86. The van der Waals surface area contributed by atoms with E-state index in [4.69, 9.17) is 0 Å². The number of aromatic carboxylic acids is 1. The molecule has 0 aliphatic carbocycles. The number of para-hydroxylation sites is 2. The van der Waals surface area contributed by atoms with Gasteiger partial charge in [0.2, 0.25) is 11.0 Å². The lowest BCUT2D eigenvalue weighted by molar-refractivity contribution is -0.616. The second-order valence-corrected chi connectivity index (χ2v) is 5.15. The zero-order chi connectivity index (χ0) is 14.6. The first-order valence-electron chi connectivity index (χ1n) is 6.73. The van der Waals surface area contributed by atoms with E-state index in [1.807, 2.05) is 55.6 Å². The molecule has 4 aromatic rings. The maximum Gasteiger partial charge on any atom is 0.338 e. The highest BCUT2D eigenvalue weighted by atomic mass is 16.4. The van der Waals surface area contributed by atoms with Crippen LogP contribution in [0.15, 0.2) is 48.5 Å². The van der Waals surface area contributed by atoms with Crippen LogP contribution >= 0.6 is 0 Å². The number of hydrogen-bond acceptors (Lipinski definition) is 1. The molecule has 0 saturated carbocycles. The van der Waals surface area contributed by atoms with Crippen molar-refractivity contribution in [2.75, 3.05) is 0 Å². The molecule has 2 N–H and O–H groups in total. The van der Waals surface area contributed by atoms with Crippen LogP contribution in [0, 0.1) is 0 Å². The van der Waals surface area contributed by atoms with Crippen LogP contribution in [0.2, 0.25) is 0 Å². The lowest BCUT2D eigenvalue weighted by atomic mass is 10.1. The molecule has 0 unspecified atom stereocenters. The summed E-state index contributed by atoms with van der Waals surface area (Å²) in [5, 5.41) is 11.4. The molecule has 2 aromatic heterocycles. The highest BCUT2D eigenvalue weighted by Crippen LogP contribution is 2.29. The van der Waals surface area contributed by atoms with Gasteiger partial charge >= 0.3 is 5.97 Å². The summed E-state index contributed by atoms with van der Waals surface area (Å²) < 4.78 is 2.05. The lowest BCUT2D eigenvalue weighted by Gasteiger charge is -2.03. The number of nitrogens with zero attached hydrogens (tertiary/aromatic N) is 1. The van der Waals surface area contributed by atoms with Crippen LogP contribution < -0.4 is 4.57 Å². The molecular formula is C17H13N2O2+. The van der Waals surface area contributed by atoms with Gasteiger partial charge in [-0.05, 0) is 18.2 Å².